The molecule has 0 rings (SSSR count). The average Bonchev–Trinajstić information content (AvgIpc) is 2.11. The molecule has 0 N–H and O–H groups in total. The molecule has 72 valence electrons. The first-order valence-corrected chi connectivity index (χ1v) is 4.59. The standard InChI is InChI=1S/C12H18O/c1-5-7-8-9-11(10(3)4)12(13)6-2/h5-11H,2H2,1,3-4H3/b7-5-,9-8-. The maximum absolute atomic E-state index is 11.4. The van der Waals surface area contributed by atoms with Crippen LogP contribution in [0.25, 0.3) is 0 Å². The van der Waals surface area contributed by atoms with Gasteiger partial charge >= 0.3 is 0 Å². The molecule has 0 spiro atoms. The summed E-state index contributed by atoms with van der Waals surface area (Å²) in [6.45, 7) is 9.51. The van der Waals surface area contributed by atoms with Crippen LogP contribution in [0.2, 0.25) is 0 Å². The van der Waals surface area contributed by atoms with Gasteiger partial charge in [0.15, 0.2) is 5.78 Å². The predicted octanol–water partition coefficient (Wildman–Crippen LogP) is 3.15. The van der Waals surface area contributed by atoms with Gasteiger partial charge in [0.2, 0.25) is 0 Å². The van der Waals surface area contributed by atoms with Crippen molar-refractivity contribution < 1.29 is 4.79 Å². The molecule has 0 aromatic heterocycles. The number of rotatable bonds is 5. The maximum Gasteiger partial charge on any atom is 0.162 e. The van der Waals surface area contributed by atoms with Crippen LogP contribution >= 0.6 is 0 Å². The number of ketones is 1. The fourth-order valence-electron chi connectivity index (χ4n) is 1.08. The Hall–Kier alpha value is -1.11. The Labute approximate surface area is 80.8 Å². The van der Waals surface area contributed by atoms with Crippen molar-refractivity contribution in [3.63, 3.8) is 0 Å². The van der Waals surface area contributed by atoms with Crippen LogP contribution in [-0.4, -0.2) is 5.78 Å². The molecule has 0 radical (unpaired) electrons. The van der Waals surface area contributed by atoms with E-state index in [1.165, 1.54) is 6.08 Å². The van der Waals surface area contributed by atoms with E-state index < -0.39 is 0 Å². The summed E-state index contributed by atoms with van der Waals surface area (Å²) in [5, 5.41) is 0. The average molecular weight is 178 g/mol. The van der Waals surface area contributed by atoms with Gasteiger partial charge in [-0.15, -0.1) is 0 Å². The van der Waals surface area contributed by atoms with Crippen LogP contribution in [0.4, 0.5) is 0 Å². The van der Waals surface area contributed by atoms with Gasteiger partial charge in [0.25, 0.3) is 0 Å². The van der Waals surface area contributed by atoms with Crippen molar-refractivity contribution in [3.8, 4) is 0 Å². The maximum atomic E-state index is 11.4. The Morgan fingerprint density at radius 1 is 1.31 bits per heavy atom. The van der Waals surface area contributed by atoms with Gasteiger partial charge in [-0.25, -0.2) is 0 Å². The van der Waals surface area contributed by atoms with Crippen molar-refractivity contribution in [2.75, 3.05) is 0 Å². The summed E-state index contributed by atoms with van der Waals surface area (Å²) in [7, 11) is 0. The summed E-state index contributed by atoms with van der Waals surface area (Å²) in [6.07, 6.45) is 9.09. The van der Waals surface area contributed by atoms with Crippen molar-refractivity contribution in [1.82, 2.24) is 0 Å². The van der Waals surface area contributed by atoms with E-state index in [2.05, 4.69) is 6.58 Å². The van der Waals surface area contributed by atoms with Gasteiger partial charge in [-0.2, -0.15) is 0 Å². The Morgan fingerprint density at radius 3 is 2.31 bits per heavy atom. The van der Waals surface area contributed by atoms with E-state index in [1.54, 1.807) is 0 Å². The van der Waals surface area contributed by atoms with E-state index in [9.17, 15) is 4.79 Å². The molecule has 0 bridgehead atoms. The van der Waals surface area contributed by atoms with Crippen molar-refractivity contribution >= 4 is 5.78 Å². The lowest BCUT2D eigenvalue weighted by atomic mass is 9.91. The van der Waals surface area contributed by atoms with Gasteiger partial charge in [-0.05, 0) is 18.9 Å². The van der Waals surface area contributed by atoms with E-state index in [4.69, 9.17) is 0 Å². The number of carbonyl (C=O) groups is 1. The monoisotopic (exact) mass is 178 g/mol. The topological polar surface area (TPSA) is 17.1 Å². The molecule has 0 aliphatic heterocycles. The summed E-state index contributed by atoms with van der Waals surface area (Å²) in [4.78, 5) is 11.4. The van der Waals surface area contributed by atoms with E-state index in [0.717, 1.165) is 0 Å². The van der Waals surface area contributed by atoms with Crippen molar-refractivity contribution in [2.45, 2.75) is 20.8 Å². The van der Waals surface area contributed by atoms with Crippen molar-refractivity contribution in [2.24, 2.45) is 11.8 Å². The van der Waals surface area contributed by atoms with E-state index in [0.29, 0.717) is 5.92 Å². The quantitative estimate of drug-likeness (QED) is 0.467. The van der Waals surface area contributed by atoms with Crippen LogP contribution in [0.5, 0.6) is 0 Å². The zero-order valence-corrected chi connectivity index (χ0v) is 8.66. The van der Waals surface area contributed by atoms with Gasteiger partial charge in [0, 0.05) is 5.92 Å². The molecule has 1 nitrogen and oxygen atoms in total. The number of allylic oxidation sites excluding steroid dienone is 5. The molecule has 1 heteroatoms. The molecule has 0 fully saturated rings. The molecule has 0 heterocycles. The van der Waals surface area contributed by atoms with Crippen molar-refractivity contribution in [1.29, 1.82) is 0 Å². The summed E-state index contributed by atoms with van der Waals surface area (Å²) < 4.78 is 0. The van der Waals surface area contributed by atoms with E-state index in [1.807, 2.05) is 45.1 Å². The highest BCUT2D eigenvalue weighted by atomic mass is 16.1. The van der Waals surface area contributed by atoms with Gasteiger partial charge < -0.3 is 0 Å². The van der Waals surface area contributed by atoms with Gasteiger partial charge in [0.05, 0.1) is 0 Å². The van der Waals surface area contributed by atoms with Crippen molar-refractivity contribution in [3.05, 3.63) is 37.0 Å². The minimum atomic E-state index is -0.0336. The van der Waals surface area contributed by atoms with Crippen LogP contribution < -0.4 is 0 Å². The van der Waals surface area contributed by atoms with Crippen LogP contribution in [0, 0.1) is 11.8 Å². The SMILES string of the molecule is C=CC(=O)C(/C=C\C=C/C)C(C)C. The molecule has 0 aliphatic carbocycles. The normalized spacial score (nSPS) is 14.2. The number of hydrogen-bond donors (Lipinski definition) is 0. The molecular formula is C12H18O. The molecule has 1 unspecified atom stereocenters. The Bertz CT molecular complexity index is 221. The Balaban J connectivity index is 4.43. The smallest absolute Gasteiger partial charge is 0.162 e. The Kier molecular flexibility index (Phi) is 5.86. The molecular weight excluding hydrogens is 160 g/mol. The fourth-order valence-corrected chi connectivity index (χ4v) is 1.08. The number of carbonyl (C=O) groups excluding carboxylic acids is 1. The molecule has 1 atom stereocenters. The molecule has 0 saturated carbocycles. The largest absolute Gasteiger partial charge is 0.294 e. The molecule has 0 aromatic carbocycles. The summed E-state index contributed by atoms with van der Waals surface area (Å²) in [6, 6.07) is 0. The van der Waals surface area contributed by atoms with Gasteiger partial charge in [0.1, 0.15) is 0 Å². The third-order valence-corrected chi connectivity index (χ3v) is 1.87. The second-order valence-corrected chi connectivity index (χ2v) is 3.29. The third-order valence-electron chi connectivity index (χ3n) is 1.87. The lowest BCUT2D eigenvalue weighted by Crippen LogP contribution is -2.15. The molecule has 13 heavy (non-hydrogen) atoms. The van der Waals surface area contributed by atoms with Gasteiger partial charge in [-0.3, -0.25) is 4.79 Å². The third kappa shape index (κ3) is 4.46. The highest BCUT2D eigenvalue weighted by Gasteiger charge is 2.15. The fraction of sp³-hybridized carbons (Fsp3) is 0.417. The number of hydrogen-bond acceptors (Lipinski definition) is 1. The zero-order chi connectivity index (χ0) is 10.3. The van der Waals surface area contributed by atoms with Crippen LogP contribution in [-0.2, 0) is 4.79 Å². The first-order valence-electron chi connectivity index (χ1n) is 4.59. The second-order valence-electron chi connectivity index (χ2n) is 3.29. The molecule has 0 amide bonds. The zero-order valence-electron chi connectivity index (χ0n) is 8.66. The van der Waals surface area contributed by atoms with Crippen LogP contribution in [0.3, 0.4) is 0 Å². The molecule has 0 aromatic rings. The first kappa shape index (κ1) is 11.9. The summed E-state index contributed by atoms with van der Waals surface area (Å²) >= 11 is 0. The minimum absolute atomic E-state index is 0.0336. The lowest BCUT2D eigenvalue weighted by molar-refractivity contribution is -0.117. The predicted molar refractivity (Wildman–Crippen MR) is 57.5 cm³/mol. The first-order chi connectivity index (χ1) is 6.13. The summed E-state index contributed by atoms with van der Waals surface area (Å²) in [5.41, 5.74) is 0. The van der Waals surface area contributed by atoms with Crippen LogP contribution in [0.1, 0.15) is 20.8 Å². The minimum Gasteiger partial charge on any atom is -0.294 e. The van der Waals surface area contributed by atoms with E-state index in [-0.39, 0.29) is 11.7 Å². The van der Waals surface area contributed by atoms with Crippen LogP contribution in [0.15, 0.2) is 37.0 Å². The molecule has 0 aliphatic rings. The Morgan fingerprint density at radius 2 is 1.92 bits per heavy atom. The lowest BCUT2D eigenvalue weighted by Gasteiger charge is -2.12. The highest BCUT2D eigenvalue weighted by molar-refractivity contribution is 5.92. The summed E-state index contributed by atoms with van der Waals surface area (Å²) in [5.74, 6) is 0.386. The highest BCUT2D eigenvalue weighted by Crippen LogP contribution is 2.14. The second kappa shape index (κ2) is 6.41. The van der Waals surface area contributed by atoms with E-state index >= 15 is 0 Å². The molecule has 0 saturated heterocycles. The van der Waals surface area contributed by atoms with Gasteiger partial charge in [-0.1, -0.05) is 44.7 Å².